The van der Waals surface area contributed by atoms with E-state index in [4.69, 9.17) is 9.47 Å². The molecule has 0 radical (unpaired) electrons. The summed E-state index contributed by atoms with van der Waals surface area (Å²) < 4.78 is 10.8. The molecule has 1 N–H and O–H groups in total. The summed E-state index contributed by atoms with van der Waals surface area (Å²) >= 11 is 0. The Morgan fingerprint density at radius 3 is 2.27 bits per heavy atom. The lowest BCUT2D eigenvalue weighted by molar-refractivity contribution is -0.139. The molecule has 6 nitrogen and oxygen atoms in total. The van der Waals surface area contributed by atoms with E-state index in [-0.39, 0.29) is 16.7 Å². The molecule has 0 bridgehead atoms. The van der Waals surface area contributed by atoms with Gasteiger partial charge in [0.05, 0.1) is 25.8 Å². The van der Waals surface area contributed by atoms with Gasteiger partial charge in [0.15, 0.2) is 11.5 Å². The number of carbonyl (C=O) groups excluding carboxylic acids is 2. The number of aryl methyl sites for hydroxylation is 1. The number of hydrogen-bond donors (Lipinski definition) is 1. The molecule has 0 aromatic heterocycles. The number of Topliss-reactive ketones (excluding diaryl/α,β-unsaturated/α-hetero) is 1. The molecule has 2 aromatic rings. The zero-order chi connectivity index (χ0) is 24.5. The molecule has 0 saturated carbocycles. The summed E-state index contributed by atoms with van der Waals surface area (Å²) in [4.78, 5) is 27.7. The molecule has 1 atom stereocenters. The van der Waals surface area contributed by atoms with Crippen molar-refractivity contribution in [2.45, 2.75) is 52.5 Å². The van der Waals surface area contributed by atoms with Crippen LogP contribution in [0.3, 0.4) is 0 Å². The summed E-state index contributed by atoms with van der Waals surface area (Å²) in [6.45, 7) is 10.5. The minimum absolute atomic E-state index is 0.0924. The highest BCUT2D eigenvalue weighted by atomic mass is 16.5. The summed E-state index contributed by atoms with van der Waals surface area (Å²) in [5.41, 5.74) is 3.04. The van der Waals surface area contributed by atoms with Crippen LogP contribution in [0.1, 0.15) is 62.4 Å². The van der Waals surface area contributed by atoms with Crippen molar-refractivity contribution in [1.29, 1.82) is 0 Å². The van der Waals surface area contributed by atoms with E-state index in [9.17, 15) is 14.7 Å². The molecule has 0 aliphatic carbocycles. The van der Waals surface area contributed by atoms with E-state index >= 15 is 0 Å². The summed E-state index contributed by atoms with van der Waals surface area (Å²) in [6, 6.07) is 10.4. The fourth-order valence-electron chi connectivity index (χ4n) is 4.21. The highest BCUT2D eigenvalue weighted by Crippen LogP contribution is 2.42. The average Bonchev–Trinajstić information content (AvgIpc) is 3.03. The quantitative estimate of drug-likeness (QED) is 0.374. The molecule has 1 saturated heterocycles. The molecule has 3 rings (SSSR count). The summed E-state index contributed by atoms with van der Waals surface area (Å²) in [6.07, 6.45) is 0.676. The summed E-state index contributed by atoms with van der Waals surface area (Å²) in [5.74, 6) is -0.412. The van der Waals surface area contributed by atoms with Crippen molar-refractivity contribution in [2.24, 2.45) is 0 Å². The number of nitrogens with zero attached hydrogens (tertiary/aromatic N) is 1. The molecular formula is C27H33NO5. The number of aliphatic hydroxyl groups is 1. The van der Waals surface area contributed by atoms with Crippen LogP contribution in [-0.2, 0) is 15.0 Å². The van der Waals surface area contributed by atoms with Crippen LogP contribution in [0.25, 0.3) is 5.76 Å². The smallest absolute Gasteiger partial charge is 0.295 e. The largest absolute Gasteiger partial charge is 0.507 e. The second-order valence-corrected chi connectivity index (χ2v) is 9.39. The zero-order valence-electron chi connectivity index (χ0n) is 20.5. The van der Waals surface area contributed by atoms with Crippen LogP contribution < -0.4 is 9.47 Å². The van der Waals surface area contributed by atoms with Gasteiger partial charge in [0, 0.05) is 12.1 Å². The van der Waals surface area contributed by atoms with E-state index < -0.39 is 17.7 Å². The Kier molecular flexibility index (Phi) is 6.86. The first-order valence-corrected chi connectivity index (χ1v) is 11.2. The molecular weight excluding hydrogens is 418 g/mol. The molecule has 0 spiro atoms. The number of amides is 1. The van der Waals surface area contributed by atoms with Gasteiger partial charge in [-0.1, -0.05) is 45.9 Å². The van der Waals surface area contributed by atoms with Crippen molar-refractivity contribution in [3.05, 3.63) is 64.2 Å². The number of likely N-dealkylation sites (tertiary alicyclic amines) is 1. The minimum Gasteiger partial charge on any atom is -0.507 e. The number of hydrogen-bond acceptors (Lipinski definition) is 5. The monoisotopic (exact) mass is 451 g/mol. The van der Waals surface area contributed by atoms with Gasteiger partial charge in [-0.25, -0.2) is 0 Å². The lowest BCUT2D eigenvalue weighted by Crippen LogP contribution is -2.30. The number of benzene rings is 2. The molecule has 1 fully saturated rings. The first kappa shape index (κ1) is 24.4. The van der Waals surface area contributed by atoms with Gasteiger partial charge in [0.2, 0.25) is 0 Å². The van der Waals surface area contributed by atoms with E-state index in [0.717, 1.165) is 11.1 Å². The third-order valence-corrected chi connectivity index (χ3v) is 6.09. The standard InChI is InChI=1S/C27H33NO5/c1-8-13-28-23(17-10-12-20(32-6)21(14-17)33-7)22(25(30)26(28)31)24(29)19-15-18(27(3,4)5)11-9-16(19)2/h9-12,14-15,23,29H,8,13H2,1-7H3/b24-22+. The van der Waals surface area contributed by atoms with Crippen molar-refractivity contribution >= 4 is 17.4 Å². The molecule has 1 unspecified atom stereocenters. The van der Waals surface area contributed by atoms with Crippen LogP contribution >= 0.6 is 0 Å². The van der Waals surface area contributed by atoms with E-state index in [0.29, 0.717) is 35.6 Å². The predicted molar refractivity (Wildman–Crippen MR) is 129 cm³/mol. The molecule has 1 aliphatic rings. The molecule has 1 aliphatic heterocycles. The molecule has 1 heterocycles. The van der Waals surface area contributed by atoms with E-state index in [2.05, 4.69) is 20.8 Å². The van der Waals surface area contributed by atoms with Gasteiger partial charge >= 0.3 is 0 Å². The Labute approximate surface area is 195 Å². The second kappa shape index (κ2) is 9.30. The second-order valence-electron chi connectivity index (χ2n) is 9.39. The number of aliphatic hydroxyl groups excluding tert-OH is 1. The molecule has 1 amide bonds. The highest BCUT2D eigenvalue weighted by molar-refractivity contribution is 6.46. The number of methoxy groups -OCH3 is 2. The third-order valence-electron chi connectivity index (χ3n) is 6.09. The average molecular weight is 452 g/mol. The van der Waals surface area contributed by atoms with Gasteiger partial charge in [0.25, 0.3) is 11.7 Å². The van der Waals surface area contributed by atoms with Crippen LogP contribution in [-0.4, -0.2) is 42.5 Å². The Morgan fingerprint density at radius 2 is 1.70 bits per heavy atom. The van der Waals surface area contributed by atoms with Crippen LogP contribution in [0.15, 0.2) is 42.0 Å². The van der Waals surface area contributed by atoms with Crippen LogP contribution in [0.2, 0.25) is 0 Å². The van der Waals surface area contributed by atoms with Gasteiger partial charge < -0.3 is 19.5 Å². The lowest BCUT2D eigenvalue weighted by atomic mass is 9.84. The van der Waals surface area contributed by atoms with E-state index in [1.807, 2.05) is 32.0 Å². The van der Waals surface area contributed by atoms with Gasteiger partial charge in [-0.15, -0.1) is 0 Å². The fourth-order valence-corrected chi connectivity index (χ4v) is 4.21. The van der Waals surface area contributed by atoms with Gasteiger partial charge in [0.1, 0.15) is 5.76 Å². The first-order chi connectivity index (χ1) is 15.5. The van der Waals surface area contributed by atoms with Crippen molar-refractivity contribution in [2.75, 3.05) is 20.8 Å². The highest BCUT2D eigenvalue weighted by Gasteiger charge is 2.46. The van der Waals surface area contributed by atoms with E-state index in [1.54, 1.807) is 25.3 Å². The Balaban J connectivity index is 2.27. The maximum Gasteiger partial charge on any atom is 0.295 e. The van der Waals surface area contributed by atoms with Crippen LogP contribution in [0.4, 0.5) is 0 Å². The predicted octanol–water partition coefficient (Wildman–Crippen LogP) is 5.14. The minimum atomic E-state index is -0.720. The lowest BCUT2D eigenvalue weighted by Gasteiger charge is -2.26. The maximum atomic E-state index is 13.2. The SMILES string of the molecule is CCCN1C(=O)C(=O)/C(=C(/O)c2cc(C(C)(C)C)ccc2C)C1c1ccc(OC)c(OC)c1. The molecule has 176 valence electrons. The summed E-state index contributed by atoms with van der Waals surface area (Å²) in [7, 11) is 3.08. The number of ether oxygens (including phenoxy) is 2. The zero-order valence-corrected chi connectivity index (χ0v) is 20.5. The third kappa shape index (κ3) is 4.47. The fraction of sp³-hybridized carbons (Fsp3) is 0.407. The molecule has 6 heteroatoms. The topological polar surface area (TPSA) is 76.1 Å². The first-order valence-electron chi connectivity index (χ1n) is 11.2. The van der Waals surface area contributed by atoms with Crippen molar-refractivity contribution in [3.63, 3.8) is 0 Å². The number of ketones is 1. The maximum absolute atomic E-state index is 13.2. The van der Waals surface area contributed by atoms with Gasteiger partial charge in [-0.05, 0) is 53.6 Å². The Morgan fingerprint density at radius 1 is 1.03 bits per heavy atom. The van der Waals surface area contributed by atoms with Crippen LogP contribution in [0.5, 0.6) is 11.5 Å². The Bertz CT molecular complexity index is 1110. The van der Waals surface area contributed by atoms with Crippen molar-refractivity contribution in [1.82, 2.24) is 4.90 Å². The normalized spacial score (nSPS) is 18.0. The van der Waals surface area contributed by atoms with Crippen molar-refractivity contribution in [3.8, 4) is 11.5 Å². The Hall–Kier alpha value is -3.28. The van der Waals surface area contributed by atoms with Gasteiger partial charge in [-0.2, -0.15) is 0 Å². The van der Waals surface area contributed by atoms with Crippen molar-refractivity contribution < 1.29 is 24.2 Å². The molecule has 33 heavy (non-hydrogen) atoms. The number of rotatable bonds is 6. The van der Waals surface area contributed by atoms with Gasteiger partial charge in [-0.3, -0.25) is 9.59 Å². The number of carbonyl (C=O) groups is 2. The van der Waals surface area contributed by atoms with Crippen LogP contribution in [0, 0.1) is 6.92 Å². The molecule has 2 aromatic carbocycles. The van der Waals surface area contributed by atoms with E-state index in [1.165, 1.54) is 12.0 Å². The summed E-state index contributed by atoms with van der Waals surface area (Å²) in [5, 5.41) is 11.4.